The Morgan fingerprint density at radius 2 is 1.95 bits per heavy atom. The molecule has 3 aromatic heterocycles. The van der Waals surface area contributed by atoms with Gasteiger partial charge in [-0.3, -0.25) is 9.97 Å². The molecule has 0 radical (unpaired) electrons. The van der Waals surface area contributed by atoms with Gasteiger partial charge in [0.05, 0.1) is 17.6 Å². The van der Waals surface area contributed by atoms with Gasteiger partial charge >= 0.3 is 0 Å². The van der Waals surface area contributed by atoms with E-state index in [0.29, 0.717) is 5.19 Å². The van der Waals surface area contributed by atoms with Gasteiger partial charge in [-0.15, -0.1) is 0 Å². The van der Waals surface area contributed by atoms with E-state index in [1.165, 1.54) is 17.7 Å². The van der Waals surface area contributed by atoms with E-state index in [2.05, 4.69) is 19.9 Å². The Kier molecular flexibility index (Phi) is 3.75. The molecule has 0 atom stereocenters. The summed E-state index contributed by atoms with van der Waals surface area (Å²) in [6.07, 6.45) is 8.22. The molecule has 0 unspecified atom stereocenters. The zero-order valence-electron chi connectivity index (χ0n) is 10.4. The summed E-state index contributed by atoms with van der Waals surface area (Å²) in [5, 5.41) is 2.41. The maximum atomic E-state index is 5.24. The number of aliphatic imine (C=N–C) groups is 1. The van der Waals surface area contributed by atoms with Crippen LogP contribution in [0.15, 0.2) is 59.4 Å². The lowest BCUT2D eigenvalue weighted by Crippen LogP contribution is -1.88. The first-order valence-corrected chi connectivity index (χ1v) is 6.75. The van der Waals surface area contributed by atoms with Crippen molar-refractivity contribution in [3.8, 4) is 16.5 Å². The minimum Gasteiger partial charge on any atom is -0.419 e. The lowest BCUT2D eigenvalue weighted by molar-refractivity contribution is 0.569. The first kappa shape index (κ1) is 12.4. The van der Waals surface area contributed by atoms with E-state index in [1.54, 1.807) is 24.8 Å². The Bertz CT molecular complexity index is 681. The molecular formula is C14H10N4OS. The second kappa shape index (κ2) is 6.03. The zero-order valence-corrected chi connectivity index (χ0v) is 11.2. The van der Waals surface area contributed by atoms with Crippen molar-refractivity contribution >= 4 is 23.4 Å². The molecule has 3 rings (SSSR count). The predicted molar refractivity (Wildman–Crippen MR) is 78.4 cm³/mol. The van der Waals surface area contributed by atoms with Crippen LogP contribution in [-0.4, -0.2) is 21.4 Å². The third-order valence-electron chi connectivity index (χ3n) is 2.49. The van der Waals surface area contributed by atoms with E-state index in [9.17, 15) is 0 Å². The Balaban J connectivity index is 1.69. The molecule has 5 nitrogen and oxygen atoms in total. The second-order valence-electron chi connectivity index (χ2n) is 3.79. The van der Waals surface area contributed by atoms with Crippen LogP contribution in [-0.2, 0) is 0 Å². The average Bonchev–Trinajstić information content (AvgIpc) is 3.02. The van der Waals surface area contributed by atoms with Gasteiger partial charge < -0.3 is 4.74 Å². The molecule has 20 heavy (non-hydrogen) atoms. The third-order valence-corrected chi connectivity index (χ3v) is 3.15. The van der Waals surface area contributed by atoms with Gasteiger partial charge in [-0.25, -0.2) is 9.98 Å². The molecule has 0 aliphatic carbocycles. The quantitative estimate of drug-likeness (QED) is 0.544. The molecular weight excluding hydrogens is 272 g/mol. The SMILES string of the molecule is C(=N/c1ccc(-c2ccncc2)nc1)/Oc1nccs1. The standard InChI is InChI=1S/C14H10N4OS/c1-2-13(11-3-5-15-6-4-11)17-9-12(1)18-10-19-14-16-7-8-20-14/h1-10H/b18-10-. The van der Waals surface area contributed by atoms with E-state index in [1.807, 2.05) is 29.6 Å². The summed E-state index contributed by atoms with van der Waals surface area (Å²) in [5.74, 6) is 0. The van der Waals surface area contributed by atoms with Crippen molar-refractivity contribution in [2.45, 2.75) is 0 Å². The highest BCUT2D eigenvalue weighted by atomic mass is 32.1. The fourth-order valence-corrected chi connectivity index (χ4v) is 2.02. The van der Waals surface area contributed by atoms with Crippen LogP contribution in [0, 0.1) is 0 Å². The van der Waals surface area contributed by atoms with E-state index >= 15 is 0 Å². The van der Waals surface area contributed by atoms with Gasteiger partial charge in [-0.1, -0.05) is 11.3 Å². The van der Waals surface area contributed by atoms with Crippen molar-refractivity contribution in [2.24, 2.45) is 4.99 Å². The van der Waals surface area contributed by atoms with E-state index in [0.717, 1.165) is 16.9 Å². The highest BCUT2D eigenvalue weighted by Gasteiger charge is 1.98. The first-order chi connectivity index (χ1) is 9.92. The fraction of sp³-hybridized carbons (Fsp3) is 0. The molecule has 0 saturated heterocycles. The van der Waals surface area contributed by atoms with Gasteiger partial charge in [0, 0.05) is 29.5 Å². The number of aromatic nitrogens is 3. The Labute approximate surface area is 119 Å². The van der Waals surface area contributed by atoms with Crippen LogP contribution in [0.1, 0.15) is 0 Å². The molecule has 3 aromatic rings. The maximum absolute atomic E-state index is 5.24. The van der Waals surface area contributed by atoms with Crippen LogP contribution in [0.4, 0.5) is 5.69 Å². The Morgan fingerprint density at radius 1 is 1.05 bits per heavy atom. The summed E-state index contributed by atoms with van der Waals surface area (Å²) in [5.41, 5.74) is 2.63. The Hall–Kier alpha value is -2.60. The van der Waals surface area contributed by atoms with Gasteiger partial charge in [0.25, 0.3) is 5.19 Å². The minimum atomic E-state index is 0.565. The highest BCUT2D eigenvalue weighted by Crippen LogP contribution is 2.19. The van der Waals surface area contributed by atoms with Gasteiger partial charge in [0.2, 0.25) is 0 Å². The van der Waals surface area contributed by atoms with Crippen LogP contribution in [0.3, 0.4) is 0 Å². The summed E-state index contributed by atoms with van der Waals surface area (Å²) < 4.78 is 5.24. The lowest BCUT2D eigenvalue weighted by atomic mass is 10.2. The van der Waals surface area contributed by atoms with Crippen LogP contribution < -0.4 is 4.74 Å². The molecule has 6 heteroatoms. The van der Waals surface area contributed by atoms with Crippen molar-refractivity contribution in [3.63, 3.8) is 0 Å². The van der Waals surface area contributed by atoms with E-state index in [-0.39, 0.29) is 0 Å². The van der Waals surface area contributed by atoms with Crippen molar-refractivity contribution < 1.29 is 4.74 Å². The fourth-order valence-electron chi connectivity index (χ4n) is 1.56. The molecule has 0 bridgehead atoms. The number of hydrogen-bond acceptors (Lipinski definition) is 6. The van der Waals surface area contributed by atoms with Crippen molar-refractivity contribution in [3.05, 3.63) is 54.4 Å². The molecule has 0 amide bonds. The molecule has 0 saturated carbocycles. The van der Waals surface area contributed by atoms with Crippen molar-refractivity contribution in [1.82, 2.24) is 15.0 Å². The van der Waals surface area contributed by atoms with Crippen molar-refractivity contribution in [1.29, 1.82) is 0 Å². The predicted octanol–water partition coefficient (Wildman–Crippen LogP) is 3.34. The number of rotatable bonds is 4. The average molecular weight is 282 g/mol. The third kappa shape index (κ3) is 3.04. The van der Waals surface area contributed by atoms with Gasteiger partial charge in [0.1, 0.15) is 0 Å². The molecule has 0 aliphatic heterocycles. The number of pyridine rings is 2. The zero-order chi connectivity index (χ0) is 13.6. The molecule has 0 fully saturated rings. The van der Waals surface area contributed by atoms with Crippen LogP contribution in [0.2, 0.25) is 0 Å². The first-order valence-electron chi connectivity index (χ1n) is 5.87. The summed E-state index contributed by atoms with van der Waals surface area (Å²) in [6, 6.07) is 7.61. The smallest absolute Gasteiger partial charge is 0.279 e. The molecule has 3 heterocycles. The Morgan fingerprint density at radius 3 is 2.65 bits per heavy atom. The van der Waals surface area contributed by atoms with E-state index < -0.39 is 0 Å². The minimum absolute atomic E-state index is 0.565. The molecule has 0 spiro atoms. The van der Waals surface area contributed by atoms with Crippen LogP contribution in [0.25, 0.3) is 11.3 Å². The number of nitrogens with zero attached hydrogens (tertiary/aromatic N) is 4. The van der Waals surface area contributed by atoms with Crippen LogP contribution in [0.5, 0.6) is 5.19 Å². The second-order valence-corrected chi connectivity index (χ2v) is 4.65. The van der Waals surface area contributed by atoms with Gasteiger partial charge in [-0.05, 0) is 24.3 Å². The van der Waals surface area contributed by atoms with Crippen molar-refractivity contribution in [2.75, 3.05) is 0 Å². The highest BCUT2D eigenvalue weighted by molar-refractivity contribution is 7.11. The molecule has 0 N–H and O–H groups in total. The van der Waals surface area contributed by atoms with Crippen LogP contribution >= 0.6 is 11.3 Å². The van der Waals surface area contributed by atoms with Gasteiger partial charge in [-0.2, -0.15) is 0 Å². The summed E-state index contributed by atoms with van der Waals surface area (Å²) in [4.78, 5) is 16.5. The monoisotopic (exact) mass is 282 g/mol. The van der Waals surface area contributed by atoms with Gasteiger partial charge in [0.15, 0.2) is 6.40 Å². The summed E-state index contributed by atoms with van der Waals surface area (Å²) in [7, 11) is 0. The largest absolute Gasteiger partial charge is 0.419 e. The maximum Gasteiger partial charge on any atom is 0.279 e. The normalized spacial score (nSPS) is 10.8. The number of thiazole rings is 1. The summed E-state index contributed by atoms with van der Waals surface area (Å²) in [6.45, 7) is 0. The molecule has 0 aliphatic rings. The molecule has 98 valence electrons. The topological polar surface area (TPSA) is 60.3 Å². The summed E-state index contributed by atoms with van der Waals surface area (Å²) >= 11 is 1.41. The lowest BCUT2D eigenvalue weighted by Gasteiger charge is -2.00. The number of hydrogen-bond donors (Lipinski definition) is 0. The van der Waals surface area contributed by atoms with E-state index in [4.69, 9.17) is 4.74 Å². The number of ether oxygens (including phenoxy) is 1. The molecule has 0 aromatic carbocycles.